The molecule has 1 fully saturated rings. The van der Waals surface area contributed by atoms with Gasteiger partial charge in [-0.15, -0.1) is 0 Å². The molecule has 1 aliphatic heterocycles. The number of ether oxygens (including phenoxy) is 3. The maximum Gasteiger partial charge on any atom is 0.234 e. The van der Waals surface area contributed by atoms with Crippen molar-refractivity contribution in [1.29, 1.82) is 0 Å². The molecule has 0 saturated carbocycles. The molecule has 0 spiro atoms. The highest BCUT2D eigenvalue weighted by Gasteiger charge is 2.36. The Bertz CT molecular complexity index is 876. The molecule has 1 aliphatic rings. The number of hydrogen-bond acceptors (Lipinski definition) is 5. The fraction of sp³-hybridized carbons (Fsp3) is 0.480. The zero-order valence-corrected chi connectivity index (χ0v) is 19.1. The number of carbonyl (C=O) groups excluding carboxylic acids is 1. The van der Waals surface area contributed by atoms with E-state index in [1.54, 1.807) is 14.2 Å². The molecule has 0 unspecified atom stereocenters. The van der Waals surface area contributed by atoms with Gasteiger partial charge in [-0.05, 0) is 44.4 Å². The van der Waals surface area contributed by atoms with Crippen molar-refractivity contribution in [3.63, 3.8) is 0 Å². The molecule has 1 amide bonds. The first-order chi connectivity index (χ1) is 14.9. The summed E-state index contributed by atoms with van der Waals surface area (Å²) < 4.78 is 17.3. The van der Waals surface area contributed by atoms with E-state index in [1.807, 2.05) is 30.3 Å². The van der Waals surface area contributed by atoms with E-state index in [9.17, 15) is 4.79 Å². The van der Waals surface area contributed by atoms with Crippen molar-refractivity contribution < 1.29 is 19.0 Å². The summed E-state index contributed by atoms with van der Waals surface area (Å²) in [5.74, 6) is 1.71. The lowest BCUT2D eigenvalue weighted by atomic mass is 9.92. The summed E-state index contributed by atoms with van der Waals surface area (Å²) in [7, 11) is 3.39. The first-order valence-corrected chi connectivity index (χ1v) is 10.8. The van der Waals surface area contributed by atoms with Crippen LogP contribution in [0.3, 0.4) is 0 Å². The Balaban J connectivity index is 1.46. The molecule has 0 bridgehead atoms. The van der Waals surface area contributed by atoms with E-state index in [0.29, 0.717) is 19.7 Å². The number of aryl methyl sites for hydroxylation is 2. The van der Waals surface area contributed by atoms with Crippen molar-refractivity contribution in [2.45, 2.75) is 38.8 Å². The molecule has 6 nitrogen and oxygen atoms in total. The maximum absolute atomic E-state index is 12.4. The zero-order valence-electron chi connectivity index (χ0n) is 19.1. The number of likely N-dealkylation sites (tertiary alicyclic amines) is 1. The molecule has 6 heteroatoms. The second-order valence-electron chi connectivity index (χ2n) is 8.31. The quantitative estimate of drug-likeness (QED) is 0.665. The van der Waals surface area contributed by atoms with Crippen LogP contribution in [0.15, 0.2) is 42.5 Å². The largest absolute Gasteiger partial charge is 0.496 e. The van der Waals surface area contributed by atoms with Gasteiger partial charge in [0.15, 0.2) is 0 Å². The first kappa shape index (κ1) is 23.1. The van der Waals surface area contributed by atoms with E-state index in [4.69, 9.17) is 14.2 Å². The van der Waals surface area contributed by atoms with E-state index in [2.05, 4.69) is 36.2 Å². The highest BCUT2D eigenvalue weighted by atomic mass is 16.5. The predicted octanol–water partition coefficient (Wildman–Crippen LogP) is 3.49. The van der Waals surface area contributed by atoms with Gasteiger partial charge in [0.2, 0.25) is 5.91 Å². The predicted molar refractivity (Wildman–Crippen MR) is 122 cm³/mol. The van der Waals surface area contributed by atoms with Crippen LogP contribution in [0.5, 0.6) is 11.5 Å². The molecular weight excluding hydrogens is 392 g/mol. The second kappa shape index (κ2) is 10.6. The molecule has 2 aromatic carbocycles. The molecule has 0 aromatic heterocycles. The number of nitrogens with zero attached hydrogens (tertiary/aromatic N) is 1. The molecule has 1 heterocycles. The lowest BCUT2D eigenvalue weighted by molar-refractivity contribution is -0.125. The van der Waals surface area contributed by atoms with Crippen molar-refractivity contribution in [2.24, 2.45) is 0 Å². The fourth-order valence-corrected chi connectivity index (χ4v) is 4.00. The highest BCUT2D eigenvalue weighted by Crippen LogP contribution is 2.28. The monoisotopic (exact) mass is 426 g/mol. The van der Waals surface area contributed by atoms with Crippen molar-refractivity contribution in [3.05, 3.63) is 59.2 Å². The Hall–Kier alpha value is -2.57. The van der Waals surface area contributed by atoms with Gasteiger partial charge < -0.3 is 19.5 Å². The molecule has 2 aromatic rings. The van der Waals surface area contributed by atoms with Gasteiger partial charge in [0.1, 0.15) is 23.7 Å². The average Bonchev–Trinajstić information content (AvgIpc) is 2.78. The Morgan fingerprint density at radius 3 is 2.48 bits per heavy atom. The smallest absolute Gasteiger partial charge is 0.234 e. The number of methoxy groups -OCH3 is 2. The fourth-order valence-electron chi connectivity index (χ4n) is 4.00. The van der Waals surface area contributed by atoms with Crippen LogP contribution in [-0.2, 0) is 16.1 Å². The Morgan fingerprint density at radius 1 is 1.06 bits per heavy atom. The van der Waals surface area contributed by atoms with Crippen molar-refractivity contribution in [1.82, 2.24) is 10.2 Å². The van der Waals surface area contributed by atoms with Crippen molar-refractivity contribution in [3.8, 4) is 11.5 Å². The summed E-state index contributed by atoms with van der Waals surface area (Å²) in [4.78, 5) is 14.6. The third-order valence-electron chi connectivity index (χ3n) is 6.06. The van der Waals surface area contributed by atoms with Gasteiger partial charge in [-0.25, -0.2) is 0 Å². The van der Waals surface area contributed by atoms with E-state index < -0.39 is 0 Å². The zero-order chi connectivity index (χ0) is 22.3. The molecule has 1 saturated heterocycles. The Labute approximate surface area is 185 Å². The number of piperidine rings is 1. The van der Waals surface area contributed by atoms with Gasteiger partial charge >= 0.3 is 0 Å². The van der Waals surface area contributed by atoms with Crippen LogP contribution in [0.2, 0.25) is 0 Å². The minimum atomic E-state index is -0.318. The Morgan fingerprint density at radius 2 is 1.81 bits per heavy atom. The Kier molecular flexibility index (Phi) is 7.93. The number of amides is 1. The third-order valence-corrected chi connectivity index (χ3v) is 6.06. The van der Waals surface area contributed by atoms with E-state index in [-0.39, 0.29) is 11.5 Å². The second-order valence-corrected chi connectivity index (χ2v) is 8.31. The number of para-hydroxylation sites is 1. The van der Waals surface area contributed by atoms with Crippen LogP contribution in [0.1, 0.15) is 29.5 Å². The van der Waals surface area contributed by atoms with Crippen LogP contribution in [0, 0.1) is 13.8 Å². The minimum Gasteiger partial charge on any atom is -0.496 e. The van der Waals surface area contributed by atoms with Crippen LogP contribution in [-0.4, -0.2) is 56.9 Å². The van der Waals surface area contributed by atoms with Crippen LogP contribution in [0.4, 0.5) is 0 Å². The molecular formula is C25H34N2O4. The van der Waals surface area contributed by atoms with Crippen LogP contribution in [0.25, 0.3) is 0 Å². The molecule has 1 N–H and O–H groups in total. The van der Waals surface area contributed by atoms with Crippen LogP contribution < -0.4 is 14.8 Å². The minimum absolute atomic E-state index is 0.0161. The van der Waals surface area contributed by atoms with Gasteiger partial charge in [-0.1, -0.05) is 35.9 Å². The first-order valence-electron chi connectivity index (χ1n) is 10.8. The summed E-state index contributed by atoms with van der Waals surface area (Å²) in [6.07, 6.45) is 1.66. The third kappa shape index (κ3) is 6.21. The standard InChI is InChI=1S/C25H34N2O4/c1-19-9-10-22(20(2)15-19)31-18-25(30-4)11-13-27(14-12-25)17-24(28)26-16-21-7-5-6-8-23(21)29-3/h5-10,15H,11-14,16-18H2,1-4H3,(H,26,28). The van der Waals surface area contributed by atoms with Crippen LogP contribution >= 0.6 is 0 Å². The lowest BCUT2D eigenvalue weighted by Gasteiger charge is -2.40. The van der Waals surface area contributed by atoms with E-state index in [1.165, 1.54) is 5.56 Å². The maximum atomic E-state index is 12.4. The van der Waals surface area contributed by atoms with Gasteiger partial charge in [0.25, 0.3) is 0 Å². The number of nitrogens with one attached hydrogen (secondary N) is 1. The summed E-state index contributed by atoms with van der Waals surface area (Å²) in [5.41, 5.74) is 3.01. The molecule has 0 aliphatic carbocycles. The number of rotatable bonds is 9. The summed E-state index contributed by atoms with van der Waals surface area (Å²) in [6, 6.07) is 13.9. The molecule has 168 valence electrons. The highest BCUT2D eigenvalue weighted by molar-refractivity contribution is 5.78. The molecule has 31 heavy (non-hydrogen) atoms. The van der Waals surface area contributed by atoms with E-state index >= 15 is 0 Å². The number of carbonyl (C=O) groups is 1. The normalized spacial score (nSPS) is 16.0. The summed E-state index contributed by atoms with van der Waals surface area (Å²) in [6.45, 7) is 7.10. The van der Waals surface area contributed by atoms with Gasteiger partial charge in [-0.2, -0.15) is 0 Å². The molecule has 0 atom stereocenters. The van der Waals surface area contributed by atoms with Crippen molar-refractivity contribution in [2.75, 3.05) is 40.5 Å². The summed E-state index contributed by atoms with van der Waals surface area (Å²) >= 11 is 0. The summed E-state index contributed by atoms with van der Waals surface area (Å²) in [5, 5.41) is 3.00. The van der Waals surface area contributed by atoms with E-state index in [0.717, 1.165) is 48.6 Å². The number of benzene rings is 2. The topological polar surface area (TPSA) is 60.0 Å². The SMILES string of the molecule is COc1ccccc1CNC(=O)CN1CCC(COc2ccc(C)cc2C)(OC)CC1. The van der Waals surface area contributed by atoms with Gasteiger partial charge in [0.05, 0.1) is 13.7 Å². The molecule has 0 radical (unpaired) electrons. The number of hydrogen-bond donors (Lipinski definition) is 1. The molecule has 3 rings (SSSR count). The van der Waals surface area contributed by atoms with Gasteiger partial charge in [-0.3, -0.25) is 9.69 Å². The van der Waals surface area contributed by atoms with Gasteiger partial charge in [0, 0.05) is 32.3 Å². The van der Waals surface area contributed by atoms with Crippen molar-refractivity contribution >= 4 is 5.91 Å². The lowest BCUT2D eigenvalue weighted by Crippen LogP contribution is -2.51. The average molecular weight is 427 g/mol.